The molecule has 3 aromatic heterocycles. The number of fused-ring (bicyclic) bond motifs is 1. The van der Waals surface area contributed by atoms with Crippen molar-refractivity contribution in [3.63, 3.8) is 0 Å². The fourth-order valence-electron chi connectivity index (χ4n) is 4.18. The molecule has 9 nitrogen and oxygen atoms in total. The summed E-state index contributed by atoms with van der Waals surface area (Å²) in [5, 5.41) is 2.61. The summed E-state index contributed by atoms with van der Waals surface area (Å²) in [6.45, 7) is 4.88. The molecule has 1 fully saturated rings. The Hall–Kier alpha value is -3.24. The molecule has 0 N–H and O–H groups in total. The molecule has 0 radical (unpaired) electrons. The van der Waals surface area contributed by atoms with Crippen molar-refractivity contribution >= 4 is 39.9 Å². The van der Waals surface area contributed by atoms with Crippen LogP contribution in [0.25, 0.3) is 11.0 Å². The Balaban J connectivity index is 1.75. The number of thiophene rings is 1. The lowest BCUT2D eigenvalue weighted by atomic mass is 10.1. The van der Waals surface area contributed by atoms with Gasteiger partial charge in [0, 0.05) is 50.9 Å². The number of likely N-dealkylation sites (N-methyl/N-ethyl adjacent to an activating group) is 1. The first-order valence-electron chi connectivity index (χ1n) is 11.3. The van der Waals surface area contributed by atoms with Gasteiger partial charge in [0.1, 0.15) is 11.2 Å². The highest BCUT2D eigenvalue weighted by atomic mass is 32.1. The Morgan fingerprint density at radius 2 is 1.91 bits per heavy atom. The average molecular weight is 484 g/mol. The van der Waals surface area contributed by atoms with Crippen LogP contribution in [-0.2, 0) is 11.3 Å². The minimum absolute atomic E-state index is 0.00546. The maximum absolute atomic E-state index is 13.6. The van der Waals surface area contributed by atoms with Crippen LogP contribution in [0.1, 0.15) is 27.0 Å². The predicted octanol–water partition coefficient (Wildman–Crippen LogP) is 2.16. The first-order chi connectivity index (χ1) is 16.4. The molecule has 1 aliphatic rings. The van der Waals surface area contributed by atoms with Gasteiger partial charge in [0.2, 0.25) is 0 Å². The van der Waals surface area contributed by atoms with E-state index >= 15 is 0 Å². The molecule has 1 amide bonds. The van der Waals surface area contributed by atoms with E-state index in [4.69, 9.17) is 4.74 Å². The molecular weight excluding hydrogens is 454 g/mol. The van der Waals surface area contributed by atoms with Gasteiger partial charge in [-0.3, -0.25) is 14.2 Å². The number of ether oxygens (including phenoxy) is 1. The quantitative estimate of drug-likeness (QED) is 0.476. The van der Waals surface area contributed by atoms with E-state index in [1.807, 2.05) is 52.4 Å². The molecule has 0 spiro atoms. The van der Waals surface area contributed by atoms with Gasteiger partial charge in [0.25, 0.3) is 11.5 Å². The van der Waals surface area contributed by atoms with E-state index in [9.17, 15) is 14.4 Å². The van der Waals surface area contributed by atoms with Gasteiger partial charge in [-0.25, -0.2) is 9.78 Å². The van der Waals surface area contributed by atoms with E-state index in [1.54, 1.807) is 23.8 Å². The van der Waals surface area contributed by atoms with E-state index in [1.165, 1.54) is 11.3 Å². The Kier molecular flexibility index (Phi) is 7.28. The number of carbonyl (C=O) groups excluding carboxylic acids is 2. The van der Waals surface area contributed by atoms with Gasteiger partial charge < -0.3 is 19.4 Å². The molecule has 0 unspecified atom stereocenters. The van der Waals surface area contributed by atoms with Crippen LogP contribution >= 0.6 is 11.3 Å². The van der Waals surface area contributed by atoms with Crippen LogP contribution in [0.3, 0.4) is 0 Å². The molecule has 4 rings (SSSR count). The van der Waals surface area contributed by atoms with E-state index in [0.29, 0.717) is 55.5 Å². The summed E-state index contributed by atoms with van der Waals surface area (Å²) < 4.78 is 6.86. The SMILES string of the molecule is CCOC(=O)c1c(N2CCN(C(=O)c3cccs3)CC2)c2cccnc2n(CCN(C)C)c1=O. The topological polar surface area (TPSA) is 88.0 Å². The van der Waals surface area contributed by atoms with Crippen LogP contribution in [0.15, 0.2) is 40.6 Å². The van der Waals surface area contributed by atoms with E-state index < -0.39 is 11.5 Å². The van der Waals surface area contributed by atoms with Crippen molar-refractivity contribution < 1.29 is 14.3 Å². The molecule has 34 heavy (non-hydrogen) atoms. The smallest absolute Gasteiger partial charge is 0.345 e. The highest BCUT2D eigenvalue weighted by Gasteiger charge is 2.30. The lowest BCUT2D eigenvalue weighted by Crippen LogP contribution is -2.49. The third-order valence-corrected chi connectivity index (χ3v) is 6.72. The van der Waals surface area contributed by atoms with E-state index in [0.717, 1.165) is 5.39 Å². The first kappa shape index (κ1) is 23.9. The highest BCUT2D eigenvalue weighted by Crippen LogP contribution is 2.30. The summed E-state index contributed by atoms with van der Waals surface area (Å²) in [5.41, 5.74) is 0.697. The first-order valence-corrected chi connectivity index (χ1v) is 12.2. The van der Waals surface area contributed by atoms with Crippen molar-refractivity contribution in [3.05, 3.63) is 56.6 Å². The molecule has 180 valence electrons. The van der Waals surface area contributed by atoms with Crippen LogP contribution in [0.2, 0.25) is 0 Å². The van der Waals surface area contributed by atoms with Gasteiger partial charge in [-0.05, 0) is 44.6 Å². The lowest BCUT2D eigenvalue weighted by Gasteiger charge is -2.37. The molecule has 4 heterocycles. The van der Waals surface area contributed by atoms with Crippen molar-refractivity contribution in [1.82, 2.24) is 19.4 Å². The second-order valence-corrected chi connectivity index (χ2v) is 9.28. The summed E-state index contributed by atoms with van der Waals surface area (Å²) in [6, 6.07) is 7.38. The van der Waals surface area contributed by atoms with Gasteiger partial charge in [-0.2, -0.15) is 0 Å². The third kappa shape index (κ3) is 4.69. The number of piperazine rings is 1. The second kappa shape index (κ2) is 10.4. The maximum atomic E-state index is 13.6. The number of esters is 1. The molecule has 0 aliphatic carbocycles. The average Bonchev–Trinajstić information content (AvgIpc) is 3.37. The Morgan fingerprint density at radius 1 is 1.15 bits per heavy atom. The molecule has 10 heteroatoms. The maximum Gasteiger partial charge on any atom is 0.345 e. The number of hydrogen-bond donors (Lipinski definition) is 0. The van der Waals surface area contributed by atoms with E-state index in [-0.39, 0.29) is 18.1 Å². The van der Waals surface area contributed by atoms with Gasteiger partial charge in [0.05, 0.1) is 17.2 Å². The molecular formula is C24H29N5O4S. The number of amides is 1. The second-order valence-electron chi connectivity index (χ2n) is 8.34. The van der Waals surface area contributed by atoms with Crippen molar-refractivity contribution in [3.8, 4) is 0 Å². The number of pyridine rings is 2. The van der Waals surface area contributed by atoms with Crippen molar-refractivity contribution in [2.75, 3.05) is 58.3 Å². The van der Waals surface area contributed by atoms with Crippen molar-refractivity contribution in [2.45, 2.75) is 13.5 Å². The number of anilines is 1. The molecule has 0 aromatic carbocycles. The number of nitrogens with zero attached hydrogens (tertiary/aromatic N) is 5. The predicted molar refractivity (Wildman–Crippen MR) is 133 cm³/mol. The summed E-state index contributed by atoms with van der Waals surface area (Å²) in [5.74, 6) is -0.630. The molecule has 0 bridgehead atoms. The van der Waals surface area contributed by atoms with Gasteiger partial charge in [-0.15, -0.1) is 11.3 Å². The number of hydrogen-bond acceptors (Lipinski definition) is 8. The molecule has 1 saturated heterocycles. The standard InChI is InChI=1S/C24H29N5O4S/c1-4-33-24(32)19-20(27-11-13-28(14-12-27)22(30)18-8-6-16-34-18)17-7-5-9-25-21(17)29(23(19)31)15-10-26(2)3/h5-9,16H,4,10-15H2,1-3H3. The number of carbonyl (C=O) groups is 2. The minimum Gasteiger partial charge on any atom is -0.462 e. The van der Waals surface area contributed by atoms with Crippen molar-refractivity contribution in [1.29, 1.82) is 0 Å². The Morgan fingerprint density at radius 3 is 2.56 bits per heavy atom. The third-order valence-electron chi connectivity index (χ3n) is 5.86. The van der Waals surface area contributed by atoms with Crippen LogP contribution < -0.4 is 10.5 Å². The molecule has 0 saturated carbocycles. The van der Waals surface area contributed by atoms with Gasteiger partial charge in [0.15, 0.2) is 0 Å². The van der Waals surface area contributed by atoms with Crippen LogP contribution in [0.4, 0.5) is 5.69 Å². The van der Waals surface area contributed by atoms with Crippen LogP contribution in [-0.4, -0.2) is 84.7 Å². The fraction of sp³-hybridized carbons (Fsp3) is 0.417. The van der Waals surface area contributed by atoms with E-state index in [2.05, 4.69) is 4.98 Å². The molecule has 0 atom stereocenters. The zero-order chi connectivity index (χ0) is 24.2. The van der Waals surface area contributed by atoms with Gasteiger partial charge >= 0.3 is 5.97 Å². The number of aromatic nitrogens is 2. The minimum atomic E-state index is -0.635. The monoisotopic (exact) mass is 483 g/mol. The Bertz CT molecular complexity index is 1230. The number of rotatable bonds is 7. The molecule has 3 aromatic rings. The summed E-state index contributed by atoms with van der Waals surface area (Å²) in [7, 11) is 3.86. The molecule has 1 aliphatic heterocycles. The van der Waals surface area contributed by atoms with Crippen LogP contribution in [0, 0.1) is 0 Å². The van der Waals surface area contributed by atoms with Gasteiger partial charge in [-0.1, -0.05) is 6.07 Å². The summed E-state index contributed by atoms with van der Waals surface area (Å²) >= 11 is 1.42. The fourth-order valence-corrected chi connectivity index (χ4v) is 4.87. The summed E-state index contributed by atoms with van der Waals surface area (Å²) in [6.07, 6.45) is 1.65. The Labute approximate surface area is 202 Å². The normalized spacial score (nSPS) is 14.1. The summed E-state index contributed by atoms with van der Waals surface area (Å²) in [4.78, 5) is 50.4. The largest absolute Gasteiger partial charge is 0.462 e. The van der Waals surface area contributed by atoms with Crippen molar-refractivity contribution in [2.24, 2.45) is 0 Å². The highest BCUT2D eigenvalue weighted by molar-refractivity contribution is 7.12. The lowest BCUT2D eigenvalue weighted by molar-refractivity contribution is 0.0523. The van der Waals surface area contributed by atoms with Crippen LogP contribution in [0.5, 0.6) is 0 Å². The zero-order valence-electron chi connectivity index (χ0n) is 19.7. The zero-order valence-corrected chi connectivity index (χ0v) is 20.5.